The molecule has 7 nitrogen and oxygen atoms in total. The van der Waals surface area contributed by atoms with E-state index in [0.717, 1.165) is 10.6 Å². The van der Waals surface area contributed by atoms with Crippen LogP contribution in [0.1, 0.15) is 37.6 Å². The molecule has 3 aromatic rings. The third-order valence-corrected chi connectivity index (χ3v) is 5.39. The van der Waals surface area contributed by atoms with Crippen molar-refractivity contribution in [3.63, 3.8) is 0 Å². The molecule has 1 atom stereocenters. The lowest BCUT2D eigenvalue weighted by Crippen LogP contribution is -2.31. The summed E-state index contributed by atoms with van der Waals surface area (Å²) in [5, 5.41) is 26.2. The zero-order chi connectivity index (χ0) is 21.0. The van der Waals surface area contributed by atoms with Gasteiger partial charge in [-0.25, -0.2) is 9.97 Å². The molecule has 0 aliphatic heterocycles. The van der Waals surface area contributed by atoms with E-state index in [1.807, 2.05) is 37.3 Å². The Labute approximate surface area is 173 Å². The van der Waals surface area contributed by atoms with Crippen LogP contribution in [0.2, 0.25) is 0 Å². The number of aromatic nitrogens is 2. The Kier molecular flexibility index (Phi) is 6.46. The summed E-state index contributed by atoms with van der Waals surface area (Å²) in [6.07, 6.45) is 1.96. The molecule has 154 valence electrons. The fourth-order valence-electron chi connectivity index (χ4n) is 2.77. The lowest BCUT2D eigenvalue weighted by Gasteiger charge is -2.18. The standard InChI is InChI=1S/C21H26N4O3S/c1-13(12-26)24-16-15(18(27)22-10-9-21(2,3)28)11-23-20-17(16)25-19(29-20)14-7-5-4-6-8-14/h4-8,11,13,26,28H,9-10,12H2,1-3H3,(H,22,27)(H,23,24)/t13-/m1/s1. The van der Waals surface area contributed by atoms with Crippen LogP contribution >= 0.6 is 11.3 Å². The summed E-state index contributed by atoms with van der Waals surface area (Å²) in [5.41, 5.74) is 1.63. The molecule has 29 heavy (non-hydrogen) atoms. The molecule has 0 unspecified atom stereocenters. The summed E-state index contributed by atoms with van der Waals surface area (Å²) in [7, 11) is 0. The van der Waals surface area contributed by atoms with Crippen LogP contribution in [0.4, 0.5) is 5.69 Å². The third kappa shape index (κ3) is 5.29. The number of aliphatic hydroxyl groups is 2. The van der Waals surface area contributed by atoms with Crippen LogP contribution in [0.15, 0.2) is 36.5 Å². The molecular weight excluding hydrogens is 388 g/mol. The van der Waals surface area contributed by atoms with Gasteiger partial charge in [-0.1, -0.05) is 41.7 Å². The maximum atomic E-state index is 12.8. The van der Waals surface area contributed by atoms with Gasteiger partial charge in [0.15, 0.2) is 0 Å². The molecule has 0 radical (unpaired) electrons. The van der Waals surface area contributed by atoms with E-state index in [2.05, 4.69) is 15.6 Å². The molecule has 1 amide bonds. The van der Waals surface area contributed by atoms with E-state index in [1.54, 1.807) is 13.8 Å². The first-order valence-corrected chi connectivity index (χ1v) is 10.3. The van der Waals surface area contributed by atoms with E-state index in [1.165, 1.54) is 17.5 Å². The van der Waals surface area contributed by atoms with E-state index in [0.29, 0.717) is 34.6 Å². The van der Waals surface area contributed by atoms with Crippen LogP contribution < -0.4 is 10.6 Å². The third-order valence-electron chi connectivity index (χ3n) is 4.38. The van der Waals surface area contributed by atoms with Gasteiger partial charge >= 0.3 is 0 Å². The Morgan fingerprint density at radius 3 is 2.66 bits per heavy atom. The molecule has 8 heteroatoms. The topological polar surface area (TPSA) is 107 Å². The van der Waals surface area contributed by atoms with Gasteiger partial charge in [0.25, 0.3) is 5.91 Å². The minimum atomic E-state index is -0.860. The lowest BCUT2D eigenvalue weighted by atomic mass is 10.1. The van der Waals surface area contributed by atoms with Gasteiger partial charge in [-0.3, -0.25) is 4.79 Å². The van der Waals surface area contributed by atoms with Crippen molar-refractivity contribution in [2.75, 3.05) is 18.5 Å². The highest BCUT2D eigenvalue weighted by Crippen LogP contribution is 2.34. The summed E-state index contributed by atoms with van der Waals surface area (Å²) in [5.74, 6) is -0.300. The summed E-state index contributed by atoms with van der Waals surface area (Å²) in [6.45, 7) is 5.47. The second-order valence-electron chi connectivity index (χ2n) is 7.63. The van der Waals surface area contributed by atoms with Crippen LogP contribution in [-0.2, 0) is 0 Å². The Balaban J connectivity index is 1.98. The first-order valence-electron chi connectivity index (χ1n) is 9.51. The molecular formula is C21H26N4O3S. The molecule has 0 saturated carbocycles. The molecule has 0 aliphatic carbocycles. The Morgan fingerprint density at radius 2 is 2.00 bits per heavy atom. The van der Waals surface area contributed by atoms with Crippen LogP contribution in [0.3, 0.4) is 0 Å². The average Bonchev–Trinajstić information content (AvgIpc) is 3.12. The Morgan fingerprint density at radius 1 is 1.28 bits per heavy atom. The molecule has 3 rings (SSSR count). The highest BCUT2D eigenvalue weighted by Gasteiger charge is 2.21. The molecule has 2 heterocycles. The minimum absolute atomic E-state index is 0.0841. The largest absolute Gasteiger partial charge is 0.394 e. The molecule has 0 spiro atoms. The second-order valence-corrected chi connectivity index (χ2v) is 8.61. The number of hydrogen-bond donors (Lipinski definition) is 4. The van der Waals surface area contributed by atoms with Crippen LogP contribution in [-0.4, -0.2) is 50.9 Å². The monoisotopic (exact) mass is 414 g/mol. The normalized spacial score (nSPS) is 12.7. The number of aliphatic hydroxyl groups excluding tert-OH is 1. The van der Waals surface area contributed by atoms with Crippen LogP contribution in [0.5, 0.6) is 0 Å². The fraction of sp³-hybridized carbons (Fsp3) is 0.381. The molecule has 4 N–H and O–H groups in total. The number of rotatable bonds is 8. The van der Waals surface area contributed by atoms with Crippen LogP contribution in [0, 0.1) is 0 Å². The number of fused-ring (bicyclic) bond motifs is 1. The van der Waals surface area contributed by atoms with Crippen LogP contribution in [0.25, 0.3) is 20.9 Å². The number of carbonyl (C=O) groups excluding carboxylic acids is 1. The number of nitrogens with zero attached hydrogens (tertiary/aromatic N) is 2. The maximum absolute atomic E-state index is 12.8. The molecule has 0 bridgehead atoms. The molecule has 0 fully saturated rings. The van der Waals surface area contributed by atoms with Crippen molar-refractivity contribution in [3.05, 3.63) is 42.1 Å². The zero-order valence-corrected chi connectivity index (χ0v) is 17.6. The van der Waals surface area contributed by atoms with Crippen molar-refractivity contribution in [1.29, 1.82) is 0 Å². The van der Waals surface area contributed by atoms with Crippen molar-refractivity contribution in [2.45, 2.75) is 38.8 Å². The Bertz CT molecular complexity index is 983. The number of benzene rings is 1. The summed E-state index contributed by atoms with van der Waals surface area (Å²) in [6, 6.07) is 9.54. The number of thiazole rings is 1. The van der Waals surface area contributed by atoms with E-state index < -0.39 is 5.60 Å². The number of carbonyl (C=O) groups is 1. The van der Waals surface area contributed by atoms with Gasteiger partial charge in [0.05, 0.1) is 23.5 Å². The number of anilines is 1. The molecule has 2 aromatic heterocycles. The summed E-state index contributed by atoms with van der Waals surface area (Å²) < 4.78 is 0. The van der Waals surface area contributed by atoms with E-state index in [4.69, 9.17) is 4.98 Å². The smallest absolute Gasteiger partial charge is 0.255 e. The first-order chi connectivity index (χ1) is 13.8. The number of nitrogens with one attached hydrogen (secondary N) is 2. The van der Waals surface area contributed by atoms with E-state index in [-0.39, 0.29) is 18.6 Å². The van der Waals surface area contributed by atoms with Gasteiger partial charge in [0.1, 0.15) is 15.4 Å². The number of hydrogen-bond acceptors (Lipinski definition) is 7. The maximum Gasteiger partial charge on any atom is 0.255 e. The van der Waals surface area contributed by atoms with Gasteiger partial charge in [0, 0.05) is 24.3 Å². The van der Waals surface area contributed by atoms with Crippen molar-refractivity contribution in [1.82, 2.24) is 15.3 Å². The highest BCUT2D eigenvalue weighted by molar-refractivity contribution is 7.21. The minimum Gasteiger partial charge on any atom is -0.394 e. The van der Waals surface area contributed by atoms with Gasteiger partial charge in [-0.2, -0.15) is 0 Å². The molecule has 0 aliphatic rings. The SMILES string of the molecule is C[C@H](CO)Nc1c(C(=O)NCCC(C)(C)O)cnc2sc(-c3ccccc3)nc12. The van der Waals surface area contributed by atoms with Crippen molar-refractivity contribution >= 4 is 33.3 Å². The highest BCUT2D eigenvalue weighted by atomic mass is 32.1. The van der Waals surface area contributed by atoms with E-state index in [9.17, 15) is 15.0 Å². The molecule has 0 saturated heterocycles. The van der Waals surface area contributed by atoms with Crippen molar-refractivity contribution in [2.24, 2.45) is 0 Å². The van der Waals surface area contributed by atoms with Crippen molar-refractivity contribution < 1.29 is 15.0 Å². The van der Waals surface area contributed by atoms with Gasteiger partial charge in [-0.05, 0) is 27.2 Å². The number of amides is 1. The summed E-state index contributed by atoms with van der Waals surface area (Å²) >= 11 is 1.45. The second kappa shape index (κ2) is 8.86. The van der Waals surface area contributed by atoms with Gasteiger partial charge in [-0.15, -0.1) is 0 Å². The van der Waals surface area contributed by atoms with Gasteiger partial charge < -0.3 is 20.8 Å². The predicted octanol–water partition coefficient (Wildman–Crippen LogP) is 3.04. The summed E-state index contributed by atoms with van der Waals surface area (Å²) in [4.78, 5) is 22.7. The predicted molar refractivity (Wildman–Crippen MR) is 116 cm³/mol. The lowest BCUT2D eigenvalue weighted by molar-refractivity contribution is 0.0693. The fourth-order valence-corrected chi connectivity index (χ4v) is 3.69. The Hall–Kier alpha value is -2.55. The average molecular weight is 415 g/mol. The zero-order valence-electron chi connectivity index (χ0n) is 16.8. The van der Waals surface area contributed by atoms with E-state index >= 15 is 0 Å². The number of pyridine rings is 1. The molecule has 1 aromatic carbocycles. The van der Waals surface area contributed by atoms with Gasteiger partial charge in [0.2, 0.25) is 0 Å². The quantitative estimate of drug-likeness (QED) is 0.451. The first kappa shape index (κ1) is 21.2. The van der Waals surface area contributed by atoms with Crippen molar-refractivity contribution in [3.8, 4) is 10.6 Å².